The van der Waals surface area contributed by atoms with Gasteiger partial charge in [-0.25, -0.2) is 0 Å². The zero-order valence-corrected chi connectivity index (χ0v) is 11.0. The Balaban J connectivity index is 2.21. The minimum atomic E-state index is 0.518. The van der Waals surface area contributed by atoms with Gasteiger partial charge in [-0.2, -0.15) is 0 Å². The molecule has 1 heteroatoms. The van der Waals surface area contributed by atoms with E-state index in [9.17, 15) is 0 Å². The van der Waals surface area contributed by atoms with Crippen LogP contribution in [0.5, 0.6) is 5.75 Å². The second-order valence-corrected chi connectivity index (χ2v) is 4.36. The first-order valence-corrected chi connectivity index (χ1v) is 6.19. The van der Waals surface area contributed by atoms with Crippen LogP contribution in [0.4, 0.5) is 0 Å². The van der Waals surface area contributed by atoms with Crippen molar-refractivity contribution >= 4 is 0 Å². The molecule has 0 radical (unpaired) electrons. The second kappa shape index (κ2) is 6.47. The molecular formula is C18H16O. The first-order chi connectivity index (χ1) is 9.25. The number of benzene rings is 2. The van der Waals surface area contributed by atoms with Crippen molar-refractivity contribution in [3.63, 3.8) is 0 Å². The highest BCUT2D eigenvalue weighted by Gasteiger charge is 1.99. The molecule has 94 valence electrons. The molecule has 0 aliphatic heterocycles. The van der Waals surface area contributed by atoms with Gasteiger partial charge in [0.1, 0.15) is 12.4 Å². The van der Waals surface area contributed by atoms with Crippen molar-refractivity contribution in [2.24, 2.45) is 0 Å². The number of ether oxygens (including phenoxy) is 1. The number of para-hydroxylation sites is 1. The summed E-state index contributed by atoms with van der Waals surface area (Å²) in [4.78, 5) is 0. The van der Waals surface area contributed by atoms with Gasteiger partial charge in [-0.1, -0.05) is 48.8 Å². The first-order valence-electron chi connectivity index (χ1n) is 6.19. The third-order valence-electron chi connectivity index (χ3n) is 2.48. The van der Waals surface area contributed by atoms with Crippen LogP contribution in [0.3, 0.4) is 0 Å². The van der Waals surface area contributed by atoms with Crippen LogP contribution in [0.1, 0.15) is 18.1 Å². The fourth-order valence-electron chi connectivity index (χ4n) is 1.56. The van der Waals surface area contributed by atoms with Crippen molar-refractivity contribution < 1.29 is 4.74 Å². The third-order valence-corrected chi connectivity index (χ3v) is 2.48. The van der Waals surface area contributed by atoms with E-state index in [-0.39, 0.29) is 0 Å². The van der Waals surface area contributed by atoms with Crippen LogP contribution in [0.15, 0.2) is 66.7 Å². The largest absolute Gasteiger partial charge is 0.488 e. The maximum Gasteiger partial charge on any atom is 0.135 e. The quantitative estimate of drug-likeness (QED) is 0.588. The predicted octanol–water partition coefficient (Wildman–Crippen LogP) is 4.04. The average molecular weight is 248 g/mol. The highest BCUT2D eigenvalue weighted by molar-refractivity contribution is 5.49. The summed E-state index contributed by atoms with van der Waals surface area (Å²) in [6.45, 7) is 6.29. The van der Waals surface area contributed by atoms with Gasteiger partial charge in [-0.15, -0.1) is 0 Å². The zero-order chi connectivity index (χ0) is 13.5. The van der Waals surface area contributed by atoms with Crippen LogP contribution < -0.4 is 4.74 Å². The summed E-state index contributed by atoms with van der Waals surface area (Å²) in [5.74, 6) is 7.09. The zero-order valence-electron chi connectivity index (χ0n) is 11.0. The summed E-state index contributed by atoms with van der Waals surface area (Å²) in [6, 6.07) is 17.7. The minimum Gasteiger partial charge on any atom is -0.488 e. The van der Waals surface area contributed by atoms with E-state index in [2.05, 4.69) is 18.4 Å². The summed E-state index contributed by atoms with van der Waals surface area (Å²) in [7, 11) is 0. The molecule has 0 spiro atoms. The molecule has 0 unspecified atom stereocenters. The van der Waals surface area contributed by atoms with E-state index in [1.165, 1.54) is 0 Å². The fraction of sp³-hybridized carbons (Fsp3) is 0.111. The second-order valence-electron chi connectivity index (χ2n) is 4.36. The van der Waals surface area contributed by atoms with Gasteiger partial charge in [-0.05, 0) is 36.8 Å². The molecule has 0 fully saturated rings. The normalized spacial score (nSPS) is 9.32. The lowest BCUT2D eigenvalue weighted by molar-refractivity contribution is 0.352. The molecule has 0 saturated carbocycles. The lowest BCUT2D eigenvalue weighted by Gasteiger charge is -2.07. The molecule has 19 heavy (non-hydrogen) atoms. The van der Waals surface area contributed by atoms with Gasteiger partial charge < -0.3 is 4.74 Å². The van der Waals surface area contributed by atoms with Crippen molar-refractivity contribution in [3.05, 3.63) is 77.9 Å². The molecule has 1 nitrogen and oxygen atoms in total. The number of hydrogen-bond acceptors (Lipinski definition) is 1. The Morgan fingerprint density at radius 3 is 2.42 bits per heavy atom. The topological polar surface area (TPSA) is 9.23 Å². The number of hydrogen-bond donors (Lipinski definition) is 0. The Labute approximate surface area is 114 Å². The molecule has 0 bridgehead atoms. The molecule has 2 aromatic carbocycles. The molecule has 0 aromatic heterocycles. The van der Waals surface area contributed by atoms with E-state index < -0.39 is 0 Å². The summed E-state index contributed by atoms with van der Waals surface area (Å²) in [6.07, 6.45) is 0. The molecule has 0 atom stereocenters. The predicted molar refractivity (Wildman–Crippen MR) is 79.2 cm³/mol. The summed E-state index contributed by atoms with van der Waals surface area (Å²) >= 11 is 0. The van der Waals surface area contributed by atoms with Gasteiger partial charge >= 0.3 is 0 Å². The van der Waals surface area contributed by atoms with Gasteiger partial charge in [0.25, 0.3) is 0 Å². The Morgan fingerprint density at radius 2 is 1.68 bits per heavy atom. The maximum absolute atomic E-state index is 5.68. The van der Waals surface area contributed by atoms with E-state index in [1.807, 2.05) is 61.5 Å². The Bertz CT molecular complexity index is 615. The van der Waals surface area contributed by atoms with E-state index in [1.54, 1.807) is 0 Å². The number of rotatable bonds is 3. The Morgan fingerprint density at radius 1 is 1.00 bits per heavy atom. The first kappa shape index (κ1) is 13.0. The summed E-state index contributed by atoms with van der Waals surface area (Å²) < 4.78 is 5.68. The molecule has 0 heterocycles. The van der Waals surface area contributed by atoms with E-state index in [0.29, 0.717) is 6.61 Å². The average Bonchev–Trinajstić information content (AvgIpc) is 2.45. The molecule has 0 saturated heterocycles. The van der Waals surface area contributed by atoms with Gasteiger partial charge in [0, 0.05) is 5.56 Å². The maximum atomic E-state index is 5.68. The van der Waals surface area contributed by atoms with Crippen LogP contribution >= 0.6 is 0 Å². The molecule has 2 rings (SSSR count). The van der Waals surface area contributed by atoms with Crippen molar-refractivity contribution in [3.8, 4) is 17.6 Å². The lowest BCUT2D eigenvalue weighted by Crippen LogP contribution is -1.99. The van der Waals surface area contributed by atoms with Crippen LogP contribution in [0, 0.1) is 11.8 Å². The summed E-state index contributed by atoms with van der Waals surface area (Å²) in [5, 5.41) is 0. The minimum absolute atomic E-state index is 0.518. The van der Waals surface area contributed by atoms with E-state index in [4.69, 9.17) is 4.74 Å². The Kier molecular flexibility index (Phi) is 4.42. The molecule has 0 amide bonds. The van der Waals surface area contributed by atoms with Crippen LogP contribution in [-0.2, 0) is 0 Å². The summed E-state index contributed by atoms with van der Waals surface area (Å²) in [5.41, 5.74) is 2.88. The van der Waals surface area contributed by atoms with Gasteiger partial charge in [0.05, 0.1) is 5.56 Å². The van der Waals surface area contributed by atoms with Crippen LogP contribution in [0.2, 0.25) is 0 Å². The van der Waals surface area contributed by atoms with Crippen molar-refractivity contribution in [1.82, 2.24) is 0 Å². The van der Waals surface area contributed by atoms with Crippen LogP contribution in [-0.4, -0.2) is 6.61 Å². The monoisotopic (exact) mass is 248 g/mol. The molecular weight excluding hydrogens is 232 g/mol. The van der Waals surface area contributed by atoms with Gasteiger partial charge in [-0.3, -0.25) is 0 Å². The third kappa shape index (κ3) is 4.04. The molecule has 0 aliphatic rings. The van der Waals surface area contributed by atoms with Crippen LogP contribution in [0.25, 0.3) is 0 Å². The highest BCUT2D eigenvalue weighted by atomic mass is 16.5. The molecule has 2 aromatic rings. The smallest absolute Gasteiger partial charge is 0.135 e. The molecule has 0 N–H and O–H groups in total. The SMILES string of the molecule is C=C(C)COc1ccccc1C#Cc1ccccc1. The van der Waals surface area contributed by atoms with E-state index in [0.717, 1.165) is 22.4 Å². The van der Waals surface area contributed by atoms with Crippen molar-refractivity contribution in [2.75, 3.05) is 6.61 Å². The highest BCUT2D eigenvalue weighted by Crippen LogP contribution is 2.17. The van der Waals surface area contributed by atoms with E-state index >= 15 is 0 Å². The fourth-order valence-corrected chi connectivity index (χ4v) is 1.56. The lowest BCUT2D eigenvalue weighted by atomic mass is 10.1. The molecule has 0 aliphatic carbocycles. The van der Waals surface area contributed by atoms with Crippen molar-refractivity contribution in [1.29, 1.82) is 0 Å². The Hall–Kier alpha value is -2.46. The van der Waals surface area contributed by atoms with Gasteiger partial charge in [0.15, 0.2) is 0 Å². The van der Waals surface area contributed by atoms with Gasteiger partial charge in [0.2, 0.25) is 0 Å². The van der Waals surface area contributed by atoms with Crippen molar-refractivity contribution in [2.45, 2.75) is 6.92 Å². The standard InChI is InChI=1S/C18H16O/c1-15(2)14-19-18-11-7-6-10-17(18)13-12-16-8-4-3-5-9-16/h3-11H,1,14H2,2H3.